The third-order valence-corrected chi connectivity index (χ3v) is 4.42. The minimum absolute atomic E-state index is 0.0225. The minimum atomic E-state index is -0.893. The number of amides is 3. The summed E-state index contributed by atoms with van der Waals surface area (Å²) in [6, 6.07) is 6.60. The lowest BCUT2D eigenvalue weighted by Gasteiger charge is -2.19. The first-order valence-corrected chi connectivity index (χ1v) is 8.06. The maximum atomic E-state index is 12.2. The van der Waals surface area contributed by atoms with Crippen LogP contribution in [-0.4, -0.2) is 58.7 Å². The van der Waals surface area contributed by atoms with Crippen LogP contribution in [0.4, 0.5) is 4.79 Å². The van der Waals surface area contributed by atoms with E-state index in [9.17, 15) is 14.7 Å². The molecule has 23 heavy (non-hydrogen) atoms. The first-order valence-electron chi connectivity index (χ1n) is 7.68. The molecule has 0 aromatic heterocycles. The van der Waals surface area contributed by atoms with Gasteiger partial charge in [-0.25, -0.2) is 4.79 Å². The molecule has 0 bridgehead atoms. The Labute approximate surface area is 139 Å². The quantitative estimate of drug-likeness (QED) is 0.801. The van der Waals surface area contributed by atoms with Gasteiger partial charge in [-0.3, -0.25) is 9.69 Å². The molecule has 0 radical (unpaired) electrons. The van der Waals surface area contributed by atoms with Crippen molar-refractivity contribution in [1.82, 2.24) is 9.80 Å². The first-order chi connectivity index (χ1) is 11.1. The fourth-order valence-electron chi connectivity index (χ4n) is 3.01. The van der Waals surface area contributed by atoms with Crippen molar-refractivity contribution in [2.75, 3.05) is 19.7 Å². The predicted octanol–water partition coefficient (Wildman–Crippen LogP) is 1.64. The highest BCUT2D eigenvalue weighted by Gasteiger charge is 2.47. The number of rotatable bonds is 6. The number of β-amino-alcohol motifs (C(OH)–C–C–N with tert-alkyl or cyclic N) is 1. The molecule has 2 aliphatic rings. The van der Waals surface area contributed by atoms with Gasteiger partial charge in [0.05, 0.1) is 25.9 Å². The lowest BCUT2D eigenvalue weighted by atomic mass is 10.2. The maximum Gasteiger partial charge on any atom is 0.327 e. The van der Waals surface area contributed by atoms with Gasteiger partial charge >= 0.3 is 6.03 Å². The van der Waals surface area contributed by atoms with E-state index in [4.69, 9.17) is 16.3 Å². The molecule has 2 saturated heterocycles. The van der Waals surface area contributed by atoms with Crippen LogP contribution in [0, 0.1) is 0 Å². The smallest absolute Gasteiger partial charge is 0.327 e. The van der Waals surface area contributed by atoms with Gasteiger partial charge in [-0.05, 0) is 30.5 Å². The highest BCUT2D eigenvalue weighted by Crippen LogP contribution is 2.27. The molecule has 2 heterocycles. The van der Waals surface area contributed by atoms with Crippen LogP contribution in [-0.2, 0) is 16.1 Å². The van der Waals surface area contributed by atoms with E-state index in [1.807, 2.05) is 12.1 Å². The van der Waals surface area contributed by atoms with Gasteiger partial charge in [0, 0.05) is 11.6 Å². The molecule has 2 atom stereocenters. The van der Waals surface area contributed by atoms with Crippen LogP contribution in [0.1, 0.15) is 18.4 Å². The summed E-state index contributed by atoms with van der Waals surface area (Å²) in [5.74, 6) is -0.204. The lowest BCUT2D eigenvalue weighted by Crippen LogP contribution is -2.40. The molecule has 6 nitrogen and oxygen atoms in total. The number of halogens is 1. The van der Waals surface area contributed by atoms with Crippen LogP contribution in [0.2, 0.25) is 5.02 Å². The molecule has 0 spiro atoms. The summed E-state index contributed by atoms with van der Waals surface area (Å²) in [4.78, 5) is 27.0. The second-order valence-electron chi connectivity index (χ2n) is 5.88. The predicted molar refractivity (Wildman–Crippen MR) is 84.0 cm³/mol. The molecule has 3 rings (SSSR count). The zero-order valence-corrected chi connectivity index (χ0v) is 13.4. The van der Waals surface area contributed by atoms with Crippen molar-refractivity contribution in [3.8, 4) is 0 Å². The average molecular weight is 339 g/mol. The maximum absolute atomic E-state index is 12.2. The van der Waals surface area contributed by atoms with Crippen molar-refractivity contribution in [3.63, 3.8) is 0 Å². The first kappa shape index (κ1) is 16.2. The van der Waals surface area contributed by atoms with E-state index in [0.29, 0.717) is 24.6 Å². The number of fused-ring (bicyclic) bond motifs is 1. The SMILES string of the molecule is O=C1C2CCCN2C(=O)N1CC(O)COCc1ccc(Cl)cc1. The van der Waals surface area contributed by atoms with Crippen LogP contribution >= 0.6 is 11.6 Å². The van der Waals surface area contributed by atoms with E-state index in [1.54, 1.807) is 17.0 Å². The Bertz CT molecular complexity index is 570. The van der Waals surface area contributed by atoms with Crippen molar-refractivity contribution >= 4 is 23.5 Å². The summed E-state index contributed by atoms with van der Waals surface area (Å²) in [5.41, 5.74) is 0.940. The number of carbonyl (C=O) groups excluding carboxylic acids is 2. The second-order valence-corrected chi connectivity index (χ2v) is 6.31. The molecular weight excluding hydrogens is 320 g/mol. The third kappa shape index (κ3) is 3.49. The van der Waals surface area contributed by atoms with Crippen LogP contribution in [0.15, 0.2) is 24.3 Å². The lowest BCUT2D eigenvalue weighted by molar-refractivity contribution is -0.129. The molecule has 0 aliphatic carbocycles. The Kier molecular flexibility index (Phi) is 4.84. The number of hydrogen-bond acceptors (Lipinski definition) is 4. The zero-order chi connectivity index (χ0) is 16.4. The van der Waals surface area contributed by atoms with Gasteiger partial charge in [0.1, 0.15) is 6.04 Å². The van der Waals surface area contributed by atoms with Gasteiger partial charge in [0.15, 0.2) is 0 Å². The van der Waals surface area contributed by atoms with E-state index in [-0.39, 0.29) is 31.1 Å². The molecule has 2 fully saturated rings. The van der Waals surface area contributed by atoms with Crippen molar-refractivity contribution in [2.45, 2.75) is 31.6 Å². The highest BCUT2D eigenvalue weighted by atomic mass is 35.5. The largest absolute Gasteiger partial charge is 0.389 e. The number of aliphatic hydroxyl groups excluding tert-OH is 1. The molecule has 1 aromatic carbocycles. The van der Waals surface area contributed by atoms with E-state index in [1.165, 1.54) is 0 Å². The number of imide groups is 1. The molecule has 0 saturated carbocycles. The monoisotopic (exact) mass is 338 g/mol. The van der Waals surface area contributed by atoms with Crippen molar-refractivity contribution in [3.05, 3.63) is 34.9 Å². The molecular formula is C16H19ClN2O4. The fraction of sp³-hybridized carbons (Fsp3) is 0.500. The normalized spacial score (nSPS) is 21.9. The van der Waals surface area contributed by atoms with Gasteiger partial charge < -0.3 is 14.7 Å². The molecule has 1 N–H and O–H groups in total. The van der Waals surface area contributed by atoms with Crippen molar-refractivity contribution in [2.24, 2.45) is 0 Å². The van der Waals surface area contributed by atoms with Crippen molar-refractivity contribution < 1.29 is 19.4 Å². The Balaban J connectivity index is 1.46. The third-order valence-electron chi connectivity index (χ3n) is 4.17. The number of carbonyl (C=O) groups is 2. The van der Waals surface area contributed by atoms with E-state index >= 15 is 0 Å². The van der Waals surface area contributed by atoms with Gasteiger partial charge in [0.2, 0.25) is 0 Å². The van der Waals surface area contributed by atoms with Crippen LogP contribution in [0.25, 0.3) is 0 Å². The number of aliphatic hydroxyl groups is 1. The Morgan fingerprint density at radius 2 is 2.04 bits per heavy atom. The van der Waals surface area contributed by atoms with Crippen LogP contribution in [0.5, 0.6) is 0 Å². The summed E-state index contributed by atoms with van der Waals surface area (Å²) in [5, 5.41) is 10.7. The molecule has 1 aromatic rings. The minimum Gasteiger partial charge on any atom is -0.389 e. The van der Waals surface area contributed by atoms with E-state index in [2.05, 4.69) is 0 Å². The Morgan fingerprint density at radius 1 is 1.30 bits per heavy atom. The van der Waals surface area contributed by atoms with Crippen LogP contribution < -0.4 is 0 Å². The number of ether oxygens (including phenoxy) is 1. The molecule has 2 unspecified atom stereocenters. The van der Waals surface area contributed by atoms with Gasteiger partial charge in [-0.2, -0.15) is 0 Å². The van der Waals surface area contributed by atoms with Crippen LogP contribution in [0.3, 0.4) is 0 Å². The standard InChI is InChI=1S/C16H19ClN2O4/c17-12-5-3-11(4-6-12)9-23-10-13(20)8-19-15(21)14-2-1-7-18(14)16(19)22/h3-6,13-14,20H,1-2,7-10H2. The van der Waals surface area contributed by atoms with Crippen molar-refractivity contribution in [1.29, 1.82) is 0 Å². The highest BCUT2D eigenvalue weighted by molar-refractivity contribution is 6.30. The number of nitrogens with zero attached hydrogens (tertiary/aromatic N) is 2. The summed E-state index contributed by atoms with van der Waals surface area (Å²) in [6.45, 7) is 0.995. The van der Waals surface area contributed by atoms with Gasteiger partial charge in [0.25, 0.3) is 5.91 Å². The fourth-order valence-corrected chi connectivity index (χ4v) is 3.13. The zero-order valence-electron chi connectivity index (χ0n) is 12.7. The Hall–Kier alpha value is -1.63. The summed E-state index contributed by atoms with van der Waals surface area (Å²) in [7, 11) is 0. The molecule has 2 aliphatic heterocycles. The number of urea groups is 1. The molecule has 7 heteroatoms. The molecule has 3 amide bonds. The summed E-state index contributed by atoms with van der Waals surface area (Å²) < 4.78 is 5.44. The van der Waals surface area contributed by atoms with Gasteiger partial charge in [-0.15, -0.1) is 0 Å². The number of hydrogen-bond donors (Lipinski definition) is 1. The van der Waals surface area contributed by atoms with E-state index in [0.717, 1.165) is 16.9 Å². The Morgan fingerprint density at radius 3 is 2.74 bits per heavy atom. The summed E-state index contributed by atoms with van der Waals surface area (Å²) >= 11 is 5.80. The molecule has 124 valence electrons. The average Bonchev–Trinajstić information content (AvgIpc) is 3.09. The number of benzene rings is 1. The van der Waals surface area contributed by atoms with Gasteiger partial charge in [-0.1, -0.05) is 23.7 Å². The second kappa shape index (κ2) is 6.86. The topological polar surface area (TPSA) is 70.1 Å². The summed E-state index contributed by atoms with van der Waals surface area (Å²) in [6.07, 6.45) is 0.683. The van der Waals surface area contributed by atoms with E-state index < -0.39 is 6.10 Å².